The fraction of sp³-hybridized carbons (Fsp3) is 0.0588. The van der Waals surface area contributed by atoms with Crippen LogP contribution in [0.1, 0.15) is 5.82 Å². The van der Waals surface area contributed by atoms with Gasteiger partial charge in [0.2, 0.25) is 0 Å². The molecule has 3 rings (SSSR count). The molecule has 0 aliphatic rings. The quantitative estimate of drug-likeness (QED) is 0.575. The highest BCUT2D eigenvalue weighted by atomic mass is 35.5. The molecule has 0 spiro atoms. The van der Waals surface area contributed by atoms with Gasteiger partial charge >= 0.3 is 0 Å². The minimum atomic E-state index is -3.75. The highest BCUT2D eigenvalue weighted by Gasteiger charge is 2.14. The molecule has 0 unspecified atom stereocenters. The summed E-state index contributed by atoms with van der Waals surface area (Å²) >= 11 is 6.08. The maximum Gasteiger partial charge on any atom is 0.261 e. The standard InChI is InChI=1S/C17H16ClN5O2S/c1-11-20-10-16(18)17(21-11)22-13-5-3-6-14(9-13)23-26(24,25)15-7-2-4-12(19)8-15/h2-10,23H,19H2,1H3,(H,20,21,22). The number of hydrogen-bond donors (Lipinski definition) is 3. The van der Waals surface area contributed by atoms with Gasteiger partial charge in [0.1, 0.15) is 10.8 Å². The predicted octanol–water partition coefficient (Wildman–Crippen LogP) is 3.57. The van der Waals surface area contributed by atoms with E-state index >= 15 is 0 Å². The number of anilines is 4. The van der Waals surface area contributed by atoms with Crippen molar-refractivity contribution in [1.82, 2.24) is 9.97 Å². The van der Waals surface area contributed by atoms with E-state index in [-0.39, 0.29) is 4.90 Å². The van der Waals surface area contributed by atoms with Crippen LogP contribution in [-0.2, 0) is 10.0 Å². The molecule has 7 nitrogen and oxygen atoms in total. The molecule has 0 atom stereocenters. The van der Waals surface area contributed by atoms with Crippen molar-refractivity contribution in [3.8, 4) is 0 Å². The maximum absolute atomic E-state index is 12.5. The summed E-state index contributed by atoms with van der Waals surface area (Å²) in [5.41, 5.74) is 7.04. The van der Waals surface area contributed by atoms with Crippen LogP contribution in [0, 0.1) is 6.92 Å². The molecule has 3 aromatic rings. The van der Waals surface area contributed by atoms with Gasteiger partial charge in [0.05, 0.1) is 16.8 Å². The number of nitrogens with zero attached hydrogens (tertiary/aromatic N) is 2. The lowest BCUT2D eigenvalue weighted by molar-refractivity contribution is 0.601. The molecule has 2 aromatic carbocycles. The van der Waals surface area contributed by atoms with Gasteiger partial charge in [0, 0.05) is 11.4 Å². The van der Waals surface area contributed by atoms with Crippen LogP contribution in [0.3, 0.4) is 0 Å². The number of benzene rings is 2. The zero-order valence-corrected chi connectivity index (χ0v) is 15.3. The molecule has 0 fully saturated rings. The van der Waals surface area contributed by atoms with Crippen LogP contribution >= 0.6 is 11.6 Å². The summed E-state index contributed by atoms with van der Waals surface area (Å²) in [7, 11) is -3.75. The SMILES string of the molecule is Cc1ncc(Cl)c(Nc2cccc(NS(=O)(=O)c3cccc(N)c3)c2)n1. The number of nitrogens with two attached hydrogens (primary N) is 1. The summed E-state index contributed by atoms with van der Waals surface area (Å²) in [5, 5.41) is 3.41. The van der Waals surface area contributed by atoms with Crippen molar-refractivity contribution < 1.29 is 8.42 Å². The Kier molecular flexibility index (Phi) is 4.97. The summed E-state index contributed by atoms with van der Waals surface area (Å²) in [6.45, 7) is 1.75. The number of hydrogen-bond acceptors (Lipinski definition) is 6. The Morgan fingerprint density at radius 1 is 1.08 bits per heavy atom. The van der Waals surface area contributed by atoms with E-state index in [2.05, 4.69) is 20.0 Å². The summed E-state index contributed by atoms with van der Waals surface area (Å²) in [6, 6.07) is 12.8. The molecule has 0 radical (unpaired) electrons. The number of aromatic nitrogens is 2. The fourth-order valence-corrected chi connectivity index (χ4v) is 3.48. The fourth-order valence-electron chi connectivity index (χ4n) is 2.24. The van der Waals surface area contributed by atoms with E-state index < -0.39 is 10.0 Å². The topological polar surface area (TPSA) is 110 Å². The lowest BCUT2D eigenvalue weighted by Crippen LogP contribution is -2.13. The minimum Gasteiger partial charge on any atom is -0.399 e. The molecule has 1 aromatic heterocycles. The van der Waals surface area contributed by atoms with Gasteiger partial charge in [-0.3, -0.25) is 4.72 Å². The van der Waals surface area contributed by atoms with Crippen LogP contribution in [-0.4, -0.2) is 18.4 Å². The van der Waals surface area contributed by atoms with Gasteiger partial charge in [0.15, 0.2) is 5.82 Å². The molecule has 9 heteroatoms. The normalized spacial score (nSPS) is 11.2. The molecule has 4 N–H and O–H groups in total. The Morgan fingerprint density at radius 3 is 2.58 bits per heavy atom. The smallest absolute Gasteiger partial charge is 0.261 e. The zero-order valence-electron chi connectivity index (χ0n) is 13.8. The van der Waals surface area contributed by atoms with E-state index in [1.54, 1.807) is 43.3 Å². The van der Waals surface area contributed by atoms with Gasteiger partial charge < -0.3 is 11.1 Å². The Hall–Kier alpha value is -2.84. The number of sulfonamides is 1. The van der Waals surface area contributed by atoms with Crippen LogP contribution < -0.4 is 15.8 Å². The van der Waals surface area contributed by atoms with Crippen LogP contribution in [0.25, 0.3) is 0 Å². The molecular formula is C17H16ClN5O2S. The number of rotatable bonds is 5. The van der Waals surface area contributed by atoms with Gasteiger partial charge in [0.25, 0.3) is 10.0 Å². The zero-order chi connectivity index (χ0) is 18.7. The third-order valence-electron chi connectivity index (χ3n) is 3.41. The van der Waals surface area contributed by atoms with Crippen molar-refractivity contribution in [3.05, 3.63) is 65.6 Å². The van der Waals surface area contributed by atoms with Gasteiger partial charge in [-0.05, 0) is 43.3 Å². The molecule has 0 saturated carbocycles. The van der Waals surface area contributed by atoms with Gasteiger partial charge in [-0.15, -0.1) is 0 Å². The Labute approximate surface area is 156 Å². The maximum atomic E-state index is 12.5. The van der Waals surface area contributed by atoms with Crippen LogP contribution in [0.2, 0.25) is 5.02 Å². The van der Waals surface area contributed by atoms with Gasteiger partial charge in [-0.1, -0.05) is 23.7 Å². The monoisotopic (exact) mass is 389 g/mol. The van der Waals surface area contributed by atoms with Gasteiger partial charge in [-0.2, -0.15) is 0 Å². The van der Waals surface area contributed by atoms with Crippen molar-refractivity contribution in [2.24, 2.45) is 0 Å². The van der Waals surface area contributed by atoms with E-state index in [9.17, 15) is 8.42 Å². The molecule has 1 heterocycles. The molecule has 26 heavy (non-hydrogen) atoms. The Morgan fingerprint density at radius 2 is 1.81 bits per heavy atom. The first-order valence-electron chi connectivity index (χ1n) is 7.58. The lowest BCUT2D eigenvalue weighted by Gasteiger charge is -2.11. The Bertz CT molecular complexity index is 1060. The van der Waals surface area contributed by atoms with E-state index in [1.807, 2.05) is 0 Å². The molecule has 0 aliphatic heterocycles. The van der Waals surface area contributed by atoms with E-state index in [1.165, 1.54) is 18.3 Å². The summed E-state index contributed by atoms with van der Waals surface area (Å²) in [5.74, 6) is 1.01. The van der Waals surface area contributed by atoms with Gasteiger partial charge in [-0.25, -0.2) is 18.4 Å². The number of aryl methyl sites for hydroxylation is 1. The second-order valence-electron chi connectivity index (χ2n) is 5.50. The molecule has 134 valence electrons. The van der Waals surface area contributed by atoms with Crippen molar-refractivity contribution in [2.45, 2.75) is 11.8 Å². The second-order valence-corrected chi connectivity index (χ2v) is 7.59. The third-order valence-corrected chi connectivity index (χ3v) is 5.07. The van der Waals surface area contributed by atoms with Crippen molar-refractivity contribution >= 4 is 44.5 Å². The third kappa shape index (κ3) is 4.22. The molecular weight excluding hydrogens is 374 g/mol. The first kappa shape index (κ1) is 18.0. The molecule has 0 amide bonds. The van der Waals surface area contributed by atoms with E-state index in [4.69, 9.17) is 17.3 Å². The molecule has 0 saturated heterocycles. The average molecular weight is 390 g/mol. The number of nitrogen functional groups attached to an aromatic ring is 1. The van der Waals surface area contributed by atoms with E-state index in [0.717, 1.165) is 0 Å². The second kappa shape index (κ2) is 7.19. The minimum absolute atomic E-state index is 0.0883. The van der Waals surface area contributed by atoms with Crippen molar-refractivity contribution in [2.75, 3.05) is 15.8 Å². The first-order chi connectivity index (χ1) is 12.3. The number of nitrogens with one attached hydrogen (secondary N) is 2. The predicted molar refractivity (Wildman–Crippen MR) is 103 cm³/mol. The van der Waals surface area contributed by atoms with Crippen LogP contribution in [0.4, 0.5) is 22.9 Å². The van der Waals surface area contributed by atoms with Crippen molar-refractivity contribution in [1.29, 1.82) is 0 Å². The lowest BCUT2D eigenvalue weighted by atomic mass is 10.3. The van der Waals surface area contributed by atoms with Crippen LogP contribution in [0.15, 0.2) is 59.6 Å². The average Bonchev–Trinajstić information content (AvgIpc) is 2.58. The van der Waals surface area contributed by atoms with Crippen molar-refractivity contribution in [3.63, 3.8) is 0 Å². The van der Waals surface area contributed by atoms with E-state index in [0.29, 0.717) is 33.7 Å². The summed E-state index contributed by atoms with van der Waals surface area (Å²) < 4.78 is 27.5. The summed E-state index contributed by atoms with van der Waals surface area (Å²) in [6.07, 6.45) is 1.50. The highest BCUT2D eigenvalue weighted by Crippen LogP contribution is 2.25. The van der Waals surface area contributed by atoms with Crippen LogP contribution in [0.5, 0.6) is 0 Å². The summed E-state index contributed by atoms with van der Waals surface area (Å²) in [4.78, 5) is 8.31. The number of halogens is 1. The molecule has 0 bridgehead atoms. The highest BCUT2D eigenvalue weighted by molar-refractivity contribution is 7.92. The largest absolute Gasteiger partial charge is 0.399 e. The molecule has 0 aliphatic carbocycles. The Balaban J connectivity index is 1.84. The first-order valence-corrected chi connectivity index (χ1v) is 9.44.